The van der Waals surface area contributed by atoms with Gasteiger partial charge < -0.3 is 4.74 Å². The molecule has 0 aromatic carbocycles. The first-order chi connectivity index (χ1) is 9.48. The van der Waals surface area contributed by atoms with Crippen molar-refractivity contribution in [2.75, 3.05) is 7.11 Å². The van der Waals surface area contributed by atoms with Gasteiger partial charge in [0.15, 0.2) is 0 Å². The molecule has 0 N–H and O–H groups in total. The summed E-state index contributed by atoms with van der Waals surface area (Å²) in [5, 5.41) is 0. The van der Waals surface area contributed by atoms with Gasteiger partial charge in [-0.15, -0.1) is 0 Å². The van der Waals surface area contributed by atoms with Crippen LogP contribution in [0.3, 0.4) is 0 Å². The largest absolute Gasteiger partial charge is 0.389 e. The van der Waals surface area contributed by atoms with Crippen molar-refractivity contribution in [3.63, 3.8) is 0 Å². The molecule has 0 spiro atoms. The van der Waals surface area contributed by atoms with Crippen molar-refractivity contribution in [2.24, 2.45) is 17.8 Å². The van der Waals surface area contributed by atoms with Gasteiger partial charge in [0, 0.05) is 13.5 Å². The van der Waals surface area contributed by atoms with Gasteiger partial charge in [-0.2, -0.15) is 13.2 Å². The summed E-state index contributed by atoms with van der Waals surface area (Å²) in [5.74, 6) is 1.86. The maximum Gasteiger partial charge on any atom is 0.389 e. The molecule has 118 valence electrons. The van der Waals surface area contributed by atoms with E-state index in [9.17, 15) is 13.2 Å². The molecule has 4 heteroatoms. The Bertz CT molecular complexity index is 274. The summed E-state index contributed by atoms with van der Waals surface area (Å²) in [4.78, 5) is 0. The molecule has 0 unspecified atom stereocenters. The maximum absolute atomic E-state index is 12.2. The minimum absolute atomic E-state index is 0.309. The van der Waals surface area contributed by atoms with Crippen LogP contribution in [0.15, 0.2) is 0 Å². The highest BCUT2D eigenvalue weighted by atomic mass is 19.4. The summed E-state index contributed by atoms with van der Waals surface area (Å²) in [7, 11) is 1.79. The average molecular weight is 292 g/mol. The van der Waals surface area contributed by atoms with Crippen molar-refractivity contribution < 1.29 is 17.9 Å². The monoisotopic (exact) mass is 292 g/mol. The molecule has 0 heterocycles. The minimum Gasteiger partial charge on any atom is -0.381 e. The summed E-state index contributed by atoms with van der Waals surface area (Å²) in [6, 6.07) is 0. The van der Waals surface area contributed by atoms with Crippen LogP contribution in [0.4, 0.5) is 13.2 Å². The molecule has 2 fully saturated rings. The number of alkyl halides is 3. The zero-order valence-electron chi connectivity index (χ0n) is 12.4. The molecule has 2 aliphatic rings. The summed E-state index contributed by atoms with van der Waals surface area (Å²) in [5.41, 5.74) is 0. The van der Waals surface area contributed by atoms with Crippen molar-refractivity contribution in [3.05, 3.63) is 0 Å². The molecule has 0 amide bonds. The summed E-state index contributed by atoms with van der Waals surface area (Å²) < 4.78 is 42.1. The lowest BCUT2D eigenvalue weighted by atomic mass is 9.70. The van der Waals surface area contributed by atoms with E-state index in [1.165, 1.54) is 12.8 Å². The van der Waals surface area contributed by atoms with Crippen LogP contribution in [-0.2, 0) is 4.74 Å². The van der Waals surface area contributed by atoms with Gasteiger partial charge in [0.2, 0.25) is 0 Å². The fraction of sp³-hybridized carbons (Fsp3) is 1.00. The molecule has 0 bridgehead atoms. The van der Waals surface area contributed by atoms with Gasteiger partial charge in [-0.05, 0) is 62.7 Å². The quantitative estimate of drug-likeness (QED) is 0.679. The highest BCUT2D eigenvalue weighted by molar-refractivity contribution is 4.82. The molecule has 0 aromatic heterocycles. The highest BCUT2D eigenvalue weighted by Gasteiger charge is 2.33. The topological polar surface area (TPSA) is 9.23 Å². The van der Waals surface area contributed by atoms with Crippen LogP contribution in [-0.4, -0.2) is 19.4 Å². The summed E-state index contributed by atoms with van der Waals surface area (Å²) in [6.07, 6.45) is 5.32. The first-order valence-corrected chi connectivity index (χ1v) is 8.07. The van der Waals surface area contributed by atoms with Gasteiger partial charge in [-0.1, -0.05) is 12.8 Å². The predicted molar refractivity (Wildman–Crippen MR) is 73.5 cm³/mol. The van der Waals surface area contributed by atoms with E-state index in [2.05, 4.69) is 0 Å². The first-order valence-electron chi connectivity index (χ1n) is 8.07. The normalized spacial score (nSPS) is 36.0. The standard InChI is InChI=1S/C16H27F3O/c1-20-15-8-6-14(7-9-15)13-4-2-12(3-5-13)10-11-16(17,18)19/h12-15H,2-11H2,1H3. The lowest BCUT2D eigenvalue weighted by molar-refractivity contribution is -0.138. The number of hydrogen-bond acceptors (Lipinski definition) is 1. The van der Waals surface area contributed by atoms with E-state index >= 15 is 0 Å². The number of halogens is 3. The van der Waals surface area contributed by atoms with Gasteiger partial charge in [-0.3, -0.25) is 0 Å². The molecular weight excluding hydrogens is 265 g/mol. The Morgan fingerprint density at radius 3 is 1.80 bits per heavy atom. The molecule has 0 saturated heterocycles. The number of hydrogen-bond donors (Lipinski definition) is 0. The Hall–Kier alpha value is -0.250. The van der Waals surface area contributed by atoms with Crippen LogP contribution < -0.4 is 0 Å². The Kier molecular flexibility index (Phi) is 5.76. The SMILES string of the molecule is COC1CCC(C2CCC(CCC(F)(F)F)CC2)CC1. The van der Waals surface area contributed by atoms with E-state index in [4.69, 9.17) is 4.74 Å². The zero-order valence-corrected chi connectivity index (χ0v) is 12.4. The molecule has 0 aromatic rings. The van der Waals surface area contributed by atoms with E-state index < -0.39 is 12.6 Å². The van der Waals surface area contributed by atoms with Crippen LogP contribution in [0.1, 0.15) is 64.2 Å². The smallest absolute Gasteiger partial charge is 0.381 e. The highest BCUT2D eigenvalue weighted by Crippen LogP contribution is 2.42. The van der Waals surface area contributed by atoms with Gasteiger partial charge in [0.05, 0.1) is 6.10 Å². The van der Waals surface area contributed by atoms with Crippen LogP contribution in [0, 0.1) is 17.8 Å². The molecule has 2 aliphatic carbocycles. The van der Waals surface area contributed by atoms with Crippen molar-refractivity contribution in [1.82, 2.24) is 0 Å². The van der Waals surface area contributed by atoms with E-state index in [0.717, 1.165) is 50.4 Å². The molecule has 2 saturated carbocycles. The van der Waals surface area contributed by atoms with Gasteiger partial charge in [0.1, 0.15) is 0 Å². The van der Waals surface area contributed by atoms with Crippen LogP contribution >= 0.6 is 0 Å². The van der Waals surface area contributed by atoms with E-state index in [1.54, 1.807) is 7.11 Å². The van der Waals surface area contributed by atoms with Gasteiger partial charge in [0.25, 0.3) is 0 Å². The molecule has 0 aliphatic heterocycles. The summed E-state index contributed by atoms with van der Waals surface area (Å²) >= 11 is 0. The molecule has 0 radical (unpaired) electrons. The van der Waals surface area contributed by atoms with Crippen molar-refractivity contribution in [2.45, 2.75) is 76.5 Å². The van der Waals surface area contributed by atoms with Crippen LogP contribution in [0.5, 0.6) is 0 Å². The number of ether oxygens (including phenoxy) is 1. The van der Waals surface area contributed by atoms with Gasteiger partial charge in [-0.25, -0.2) is 0 Å². The Morgan fingerprint density at radius 2 is 1.35 bits per heavy atom. The molecule has 0 atom stereocenters. The van der Waals surface area contributed by atoms with Crippen molar-refractivity contribution in [3.8, 4) is 0 Å². The molecule has 2 rings (SSSR count). The summed E-state index contributed by atoms with van der Waals surface area (Å²) in [6.45, 7) is 0. The maximum atomic E-state index is 12.2. The molecular formula is C16H27F3O. The molecule has 20 heavy (non-hydrogen) atoms. The molecule has 1 nitrogen and oxygen atoms in total. The second-order valence-electron chi connectivity index (χ2n) is 6.71. The second-order valence-corrected chi connectivity index (χ2v) is 6.71. The van der Waals surface area contributed by atoms with E-state index in [0.29, 0.717) is 18.4 Å². The van der Waals surface area contributed by atoms with Crippen LogP contribution in [0.25, 0.3) is 0 Å². The first kappa shape index (κ1) is 16.1. The third-order valence-electron chi connectivity index (χ3n) is 5.45. The zero-order chi connectivity index (χ0) is 14.6. The number of rotatable bonds is 4. The Labute approximate surface area is 120 Å². The van der Waals surface area contributed by atoms with Gasteiger partial charge >= 0.3 is 6.18 Å². The fourth-order valence-corrected chi connectivity index (χ4v) is 4.11. The Balaban J connectivity index is 1.67. The second kappa shape index (κ2) is 7.15. The average Bonchev–Trinajstić information content (AvgIpc) is 2.45. The van der Waals surface area contributed by atoms with E-state index in [-0.39, 0.29) is 0 Å². The third-order valence-corrected chi connectivity index (χ3v) is 5.45. The predicted octanol–water partition coefficient (Wildman–Crippen LogP) is 5.34. The van der Waals surface area contributed by atoms with E-state index in [1.807, 2.05) is 0 Å². The van der Waals surface area contributed by atoms with Crippen molar-refractivity contribution in [1.29, 1.82) is 0 Å². The Morgan fingerprint density at radius 1 is 0.850 bits per heavy atom. The third kappa shape index (κ3) is 4.94. The minimum atomic E-state index is -3.98. The van der Waals surface area contributed by atoms with Crippen LogP contribution in [0.2, 0.25) is 0 Å². The fourth-order valence-electron chi connectivity index (χ4n) is 4.11. The van der Waals surface area contributed by atoms with Crippen molar-refractivity contribution >= 4 is 0 Å². The number of methoxy groups -OCH3 is 1. The lowest BCUT2D eigenvalue weighted by Gasteiger charge is -2.37. The lowest BCUT2D eigenvalue weighted by Crippen LogP contribution is -2.28.